The molecule has 0 bridgehead atoms. The third-order valence-electron chi connectivity index (χ3n) is 2.65. The Morgan fingerprint density at radius 2 is 1.95 bits per heavy atom. The van der Waals surface area contributed by atoms with Crippen molar-refractivity contribution in [3.05, 3.63) is 22.8 Å². The van der Waals surface area contributed by atoms with Crippen LogP contribution in [0.5, 0.6) is 5.75 Å². The summed E-state index contributed by atoms with van der Waals surface area (Å²) in [5, 5.41) is 8.68. The number of rotatable bonds is 5. The van der Waals surface area contributed by atoms with Crippen LogP contribution in [-0.2, 0) is 11.2 Å². The first-order valence-electron chi connectivity index (χ1n) is 5.33. The van der Waals surface area contributed by atoms with Gasteiger partial charge in [-0.05, 0) is 0 Å². The van der Waals surface area contributed by atoms with Gasteiger partial charge >= 0.3 is 120 Å². The number of methoxy groups -OCH3 is 1. The van der Waals surface area contributed by atoms with Crippen molar-refractivity contribution in [2.24, 2.45) is 11.5 Å². The molecule has 5 N–H and O–H groups in total. The van der Waals surface area contributed by atoms with Gasteiger partial charge in [0, 0.05) is 0 Å². The quantitative estimate of drug-likeness (QED) is 0.592. The molecule has 105 valence electrons. The van der Waals surface area contributed by atoms with Gasteiger partial charge < -0.3 is 0 Å². The number of carbonyl (C=O) groups is 2. The average molecular weight is 300 g/mol. The van der Waals surface area contributed by atoms with Gasteiger partial charge in [0.05, 0.1) is 0 Å². The maximum atomic E-state index is 14.1. The Labute approximate surface area is 121 Å². The number of carbonyl (C=O) groups excluding carboxylic acids is 1. The molecular weight excluding hydrogens is 289 g/mol. The molecule has 1 aromatic carbocycles. The van der Waals surface area contributed by atoms with Crippen LogP contribution in [0.2, 0.25) is 0 Å². The van der Waals surface area contributed by atoms with Crippen LogP contribution >= 0.6 is 0 Å². The minimum absolute atomic E-state index is 0.302. The number of aliphatic carboxylic acids is 1. The van der Waals surface area contributed by atoms with Crippen LogP contribution in [0.1, 0.15) is 15.9 Å². The molecule has 0 saturated carbocycles. The Kier molecular flexibility index (Phi) is 5.05. The predicted molar refractivity (Wildman–Crippen MR) is 66.1 cm³/mol. The van der Waals surface area contributed by atoms with E-state index in [1.54, 1.807) is 0 Å². The molecule has 1 radical (unpaired) electrons. The van der Waals surface area contributed by atoms with Gasteiger partial charge in [0.1, 0.15) is 0 Å². The Morgan fingerprint density at radius 3 is 2.35 bits per heavy atom. The monoisotopic (exact) mass is 300 g/mol. The van der Waals surface area contributed by atoms with Crippen LogP contribution < -0.4 is 20.6 Å². The van der Waals surface area contributed by atoms with Gasteiger partial charge in [-0.25, -0.2) is 0 Å². The zero-order chi connectivity index (χ0) is 15.6. The number of halogens is 2. The van der Waals surface area contributed by atoms with E-state index in [2.05, 4.69) is 0 Å². The van der Waals surface area contributed by atoms with Crippen molar-refractivity contribution in [3.63, 3.8) is 0 Å². The van der Waals surface area contributed by atoms with Crippen LogP contribution in [0.4, 0.5) is 8.78 Å². The van der Waals surface area contributed by atoms with Crippen molar-refractivity contribution in [2.45, 2.75) is 12.5 Å². The summed E-state index contributed by atoms with van der Waals surface area (Å²) in [6.07, 6.45) is -0.593. The van der Waals surface area contributed by atoms with E-state index in [1.807, 2.05) is 16.3 Å². The van der Waals surface area contributed by atoms with Gasteiger partial charge in [0.2, 0.25) is 0 Å². The van der Waals surface area contributed by atoms with E-state index < -0.39 is 52.9 Å². The van der Waals surface area contributed by atoms with Crippen molar-refractivity contribution in [1.82, 2.24) is 0 Å². The third-order valence-corrected chi connectivity index (χ3v) is 3.20. The third kappa shape index (κ3) is 2.90. The summed E-state index contributed by atoms with van der Waals surface area (Å²) in [5.41, 5.74) is 9.26. The Balaban J connectivity index is 3.52. The van der Waals surface area contributed by atoms with E-state index in [0.717, 1.165) is 7.11 Å². The molecule has 1 rings (SSSR count). The van der Waals surface area contributed by atoms with E-state index >= 15 is 0 Å². The van der Waals surface area contributed by atoms with Crippen LogP contribution in [0.3, 0.4) is 0 Å². The molecule has 1 amide bonds. The average Bonchev–Trinajstić information content (AvgIpc) is 2.37. The summed E-state index contributed by atoms with van der Waals surface area (Å²) in [5.74, 6) is -5.32. The molecule has 0 aliphatic carbocycles. The summed E-state index contributed by atoms with van der Waals surface area (Å²) in [4.78, 5) is 21.9. The van der Waals surface area contributed by atoms with E-state index in [0.29, 0.717) is 0 Å². The standard InChI is InChI=1S/C11H11F2N2O4.Al/c1-19-9-5(10(15)16)2-6(12)4(8(9)13)3-7(14)11(17)18;/h7H,3,14H2,1H3,(H2,15,16)(H,17,18);/q;+1. The summed E-state index contributed by atoms with van der Waals surface area (Å²) >= 11 is 1.91. The molecule has 0 aromatic heterocycles. The van der Waals surface area contributed by atoms with Gasteiger partial charge in [-0.1, -0.05) is 0 Å². The van der Waals surface area contributed by atoms with Crippen molar-refractivity contribution >= 4 is 32.6 Å². The molecule has 0 saturated heterocycles. The molecule has 1 aromatic rings. The Hall–Kier alpha value is -1.69. The SMILES string of the molecule is COc1c(F)c(CC(N)C(=O)O)c(F)[c]([Al+])c1C(N)=O. The van der Waals surface area contributed by atoms with Gasteiger partial charge in [-0.15, -0.1) is 0 Å². The number of primary amides is 1. The van der Waals surface area contributed by atoms with E-state index in [1.165, 1.54) is 0 Å². The van der Waals surface area contributed by atoms with Gasteiger partial charge in [-0.3, -0.25) is 0 Å². The van der Waals surface area contributed by atoms with Crippen LogP contribution in [0.25, 0.3) is 0 Å². The fourth-order valence-corrected chi connectivity index (χ4v) is 2.11. The number of carboxylic acid groups (broad SMARTS) is 1. The first-order valence-corrected chi connectivity index (χ1v) is 5.91. The first kappa shape index (κ1) is 16.4. The minimum atomic E-state index is -1.49. The van der Waals surface area contributed by atoms with Crippen molar-refractivity contribution in [3.8, 4) is 5.75 Å². The molecule has 1 atom stereocenters. The number of nitrogens with two attached hydrogens (primary N) is 2. The van der Waals surface area contributed by atoms with Crippen LogP contribution in [0, 0.1) is 11.6 Å². The van der Waals surface area contributed by atoms with Crippen molar-refractivity contribution < 1.29 is 28.2 Å². The second kappa shape index (κ2) is 6.18. The normalized spacial score (nSPS) is 11.9. The zero-order valence-electron chi connectivity index (χ0n) is 10.4. The molecule has 0 heterocycles. The number of hydrogen-bond donors (Lipinski definition) is 3. The van der Waals surface area contributed by atoms with Crippen molar-refractivity contribution in [2.75, 3.05) is 7.11 Å². The number of carboxylic acids is 1. The fraction of sp³-hybridized carbons (Fsp3) is 0.273. The number of benzene rings is 1. The summed E-state index contributed by atoms with van der Waals surface area (Å²) in [6.45, 7) is 0. The topological polar surface area (TPSA) is 116 Å². The van der Waals surface area contributed by atoms with Crippen molar-refractivity contribution in [1.29, 1.82) is 0 Å². The Bertz CT molecular complexity index is 580. The molecule has 20 heavy (non-hydrogen) atoms. The number of hydrogen-bond acceptors (Lipinski definition) is 4. The summed E-state index contributed by atoms with van der Waals surface area (Å²) in [6, 6.07) is -1.49. The van der Waals surface area contributed by atoms with Gasteiger partial charge in [0.15, 0.2) is 0 Å². The molecule has 0 aliphatic heterocycles. The van der Waals surface area contributed by atoms with E-state index in [-0.39, 0.29) is 4.43 Å². The molecule has 0 spiro atoms. The molecule has 0 aliphatic rings. The van der Waals surface area contributed by atoms with E-state index in [9.17, 15) is 18.4 Å². The first-order chi connectivity index (χ1) is 9.22. The van der Waals surface area contributed by atoms with E-state index in [4.69, 9.17) is 21.3 Å². The fourth-order valence-electron chi connectivity index (χ4n) is 1.66. The van der Waals surface area contributed by atoms with Gasteiger partial charge in [0.25, 0.3) is 0 Å². The predicted octanol–water partition coefficient (Wildman–Crippen LogP) is -1.18. The van der Waals surface area contributed by atoms with Crippen LogP contribution in [-0.4, -0.2) is 46.4 Å². The number of amides is 1. The maximum absolute atomic E-state index is 14.1. The van der Waals surface area contributed by atoms with Crippen LogP contribution in [0.15, 0.2) is 0 Å². The molecule has 0 fully saturated rings. The van der Waals surface area contributed by atoms with Gasteiger partial charge in [-0.2, -0.15) is 0 Å². The molecule has 9 heteroatoms. The molecule has 6 nitrogen and oxygen atoms in total. The summed E-state index contributed by atoms with van der Waals surface area (Å²) in [7, 11) is 1.08. The molecular formula is C11H11AlF2N2O4+. The second-order valence-electron chi connectivity index (χ2n) is 3.94. The Morgan fingerprint density at radius 1 is 1.40 bits per heavy atom. The zero-order valence-corrected chi connectivity index (χ0v) is 11.6. The number of ether oxygens (including phenoxy) is 1. The second-order valence-corrected chi connectivity index (χ2v) is 4.52. The molecule has 1 unspecified atom stereocenters. The summed E-state index contributed by atoms with van der Waals surface area (Å²) < 4.78 is 32.6.